The molecule has 0 aliphatic heterocycles. The van der Waals surface area contributed by atoms with Crippen LogP contribution in [0.2, 0.25) is 0 Å². The van der Waals surface area contributed by atoms with E-state index in [4.69, 9.17) is 4.74 Å². The van der Waals surface area contributed by atoms with E-state index in [1.165, 1.54) is 76.3 Å². The molecule has 0 radical (unpaired) electrons. The lowest BCUT2D eigenvalue weighted by atomic mass is 9.68. The van der Waals surface area contributed by atoms with Crippen LogP contribution < -0.4 is 4.74 Å². The Morgan fingerprint density at radius 3 is 2.02 bits per heavy atom. The number of ether oxygens (including phenoxy) is 1. The summed E-state index contributed by atoms with van der Waals surface area (Å²) in [6.07, 6.45) is 19.2. The number of allylic oxidation sites excluding steroid dienone is 1. The number of hydrogen-bond donors (Lipinski definition) is 0. The second-order valence-electron chi connectivity index (χ2n) is 12.8. The van der Waals surface area contributed by atoms with Gasteiger partial charge in [-0.3, -0.25) is 0 Å². The molecule has 0 aromatic heterocycles. The fourth-order valence-electron chi connectivity index (χ4n) is 7.51. The molecule has 43 heavy (non-hydrogen) atoms. The van der Waals surface area contributed by atoms with Gasteiger partial charge in [-0.15, -0.1) is 0 Å². The Balaban J connectivity index is 1.17. The summed E-state index contributed by atoms with van der Waals surface area (Å²) in [5.41, 5.74) is 3.19. The van der Waals surface area contributed by atoms with Gasteiger partial charge in [-0.25, -0.2) is 8.78 Å². The van der Waals surface area contributed by atoms with Crippen LogP contribution in [0.1, 0.15) is 102 Å². The molecule has 0 spiro atoms. The highest BCUT2D eigenvalue weighted by atomic mass is 19.2. The highest BCUT2D eigenvalue weighted by Gasteiger charge is 2.32. The Morgan fingerprint density at radius 1 is 0.721 bits per heavy atom. The van der Waals surface area contributed by atoms with Crippen LogP contribution in [0.15, 0.2) is 66.7 Å². The zero-order chi connectivity index (χ0) is 30.2. The van der Waals surface area contributed by atoms with Gasteiger partial charge < -0.3 is 4.74 Å². The first kappa shape index (κ1) is 31.4. The van der Waals surface area contributed by atoms with Crippen LogP contribution >= 0.6 is 0 Å². The molecular formula is C39H47F3O. The van der Waals surface area contributed by atoms with Crippen molar-refractivity contribution >= 4 is 0 Å². The third kappa shape index (κ3) is 7.75. The predicted molar refractivity (Wildman–Crippen MR) is 172 cm³/mol. The third-order valence-corrected chi connectivity index (χ3v) is 10.1. The molecule has 3 aromatic rings. The molecular weight excluding hydrogens is 541 g/mol. The molecule has 0 heterocycles. The van der Waals surface area contributed by atoms with E-state index in [0.29, 0.717) is 11.5 Å². The smallest absolute Gasteiger partial charge is 0.201 e. The zero-order valence-corrected chi connectivity index (χ0v) is 25.9. The van der Waals surface area contributed by atoms with Crippen molar-refractivity contribution in [3.8, 4) is 28.0 Å². The largest absolute Gasteiger partial charge is 0.486 e. The summed E-state index contributed by atoms with van der Waals surface area (Å²) in [5, 5.41) is 0. The molecule has 0 saturated heterocycles. The van der Waals surface area contributed by atoms with Crippen LogP contribution in [0.4, 0.5) is 13.2 Å². The van der Waals surface area contributed by atoms with Gasteiger partial charge in [-0.1, -0.05) is 94.0 Å². The fourth-order valence-corrected chi connectivity index (χ4v) is 7.51. The average Bonchev–Trinajstić information content (AvgIpc) is 3.04. The fraction of sp³-hybridized carbons (Fsp3) is 0.487. The Hall–Kier alpha value is -3.01. The van der Waals surface area contributed by atoms with Crippen LogP contribution in [-0.4, -0.2) is 6.61 Å². The van der Waals surface area contributed by atoms with E-state index in [0.717, 1.165) is 47.3 Å². The van der Waals surface area contributed by atoms with Gasteiger partial charge in [0.05, 0.1) is 0 Å². The maximum absolute atomic E-state index is 15.4. The van der Waals surface area contributed by atoms with Gasteiger partial charge in [0, 0.05) is 5.56 Å². The van der Waals surface area contributed by atoms with E-state index in [2.05, 4.69) is 6.92 Å². The van der Waals surface area contributed by atoms with Gasteiger partial charge in [-0.05, 0) is 110 Å². The molecule has 2 saturated carbocycles. The minimum atomic E-state index is -0.997. The number of rotatable bonds is 11. The monoisotopic (exact) mass is 588 g/mol. The van der Waals surface area contributed by atoms with Crippen molar-refractivity contribution in [2.45, 2.75) is 96.8 Å². The second-order valence-corrected chi connectivity index (χ2v) is 12.8. The van der Waals surface area contributed by atoms with Crippen LogP contribution in [0, 0.1) is 35.2 Å². The first-order valence-corrected chi connectivity index (χ1v) is 16.6. The van der Waals surface area contributed by atoms with Gasteiger partial charge in [0.25, 0.3) is 0 Å². The van der Waals surface area contributed by atoms with Gasteiger partial charge in [0.1, 0.15) is 12.4 Å². The van der Waals surface area contributed by atoms with Crippen LogP contribution in [0.5, 0.6) is 5.75 Å². The molecule has 0 N–H and O–H groups in total. The van der Waals surface area contributed by atoms with Gasteiger partial charge in [-0.2, -0.15) is 4.39 Å². The highest BCUT2D eigenvalue weighted by molar-refractivity contribution is 5.71. The van der Waals surface area contributed by atoms with Crippen molar-refractivity contribution in [2.24, 2.45) is 17.8 Å². The van der Waals surface area contributed by atoms with E-state index >= 15 is 4.39 Å². The van der Waals surface area contributed by atoms with Crippen LogP contribution in [0.25, 0.3) is 22.3 Å². The maximum Gasteiger partial charge on any atom is 0.201 e. The summed E-state index contributed by atoms with van der Waals surface area (Å²) in [6.45, 7) is 4.30. The standard InChI is InChI=1S/C39H47F3O/c1-3-5-7-8-27-9-11-28(12-10-27)29-13-17-31(18-14-29)34-22-21-33(26-36(34)40)30-15-19-32(20-16-30)35-23-24-37(39(42)38(35)41)43-25-6-4-2/h4,6,15-16,19-24,26-29,31H,3,5,7-14,17-18,25H2,1-2H3. The third-order valence-electron chi connectivity index (χ3n) is 10.1. The molecule has 2 aliphatic rings. The Kier molecular flexibility index (Phi) is 11.1. The summed E-state index contributed by atoms with van der Waals surface area (Å²) in [6, 6.07) is 15.7. The van der Waals surface area contributed by atoms with Gasteiger partial charge in [0.15, 0.2) is 11.6 Å². The molecule has 0 bridgehead atoms. The molecule has 2 aliphatic carbocycles. The van der Waals surface area contributed by atoms with E-state index in [-0.39, 0.29) is 23.7 Å². The van der Waals surface area contributed by atoms with Gasteiger partial charge in [0.2, 0.25) is 5.82 Å². The first-order chi connectivity index (χ1) is 21.0. The second kappa shape index (κ2) is 15.1. The quantitative estimate of drug-likeness (QED) is 0.160. The molecule has 0 amide bonds. The van der Waals surface area contributed by atoms with Gasteiger partial charge >= 0.3 is 0 Å². The molecule has 230 valence electrons. The van der Waals surface area contributed by atoms with Crippen LogP contribution in [-0.2, 0) is 0 Å². The van der Waals surface area contributed by atoms with Crippen molar-refractivity contribution in [2.75, 3.05) is 6.61 Å². The van der Waals surface area contributed by atoms with Crippen LogP contribution in [0.3, 0.4) is 0 Å². The average molecular weight is 589 g/mol. The molecule has 1 nitrogen and oxygen atoms in total. The minimum Gasteiger partial charge on any atom is -0.486 e. The maximum atomic E-state index is 15.4. The predicted octanol–water partition coefficient (Wildman–Crippen LogP) is 12.1. The number of halogens is 3. The van der Waals surface area contributed by atoms with E-state index in [1.807, 2.05) is 31.2 Å². The summed E-state index contributed by atoms with van der Waals surface area (Å²) < 4.78 is 50.1. The summed E-state index contributed by atoms with van der Waals surface area (Å²) >= 11 is 0. The topological polar surface area (TPSA) is 9.23 Å². The number of unbranched alkanes of at least 4 members (excludes halogenated alkanes) is 2. The number of benzene rings is 3. The Bertz CT molecular complexity index is 1350. The minimum absolute atomic E-state index is 0.111. The van der Waals surface area contributed by atoms with Crippen molar-refractivity contribution < 1.29 is 17.9 Å². The van der Waals surface area contributed by atoms with E-state index in [9.17, 15) is 8.78 Å². The lowest BCUT2D eigenvalue weighted by molar-refractivity contribution is 0.155. The van der Waals surface area contributed by atoms with E-state index in [1.54, 1.807) is 30.4 Å². The SMILES string of the molecule is CC=CCOc1ccc(-c2ccc(-c3ccc(C4CCC(C5CCC(CCCCC)CC5)CC4)c(F)c3)cc2)c(F)c1F. The lowest BCUT2D eigenvalue weighted by Crippen LogP contribution is -2.25. The number of hydrogen-bond acceptors (Lipinski definition) is 1. The normalized spacial score (nSPS) is 22.6. The summed E-state index contributed by atoms with van der Waals surface area (Å²) in [7, 11) is 0. The Labute approximate surface area is 256 Å². The van der Waals surface area contributed by atoms with Crippen molar-refractivity contribution in [1.29, 1.82) is 0 Å². The Morgan fingerprint density at radius 2 is 1.37 bits per heavy atom. The van der Waals surface area contributed by atoms with Crippen molar-refractivity contribution in [3.05, 3.63) is 89.8 Å². The lowest BCUT2D eigenvalue weighted by Gasteiger charge is -2.38. The zero-order valence-electron chi connectivity index (χ0n) is 25.9. The van der Waals surface area contributed by atoms with Crippen molar-refractivity contribution in [3.63, 3.8) is 0 Å². The summed E-state index contributed by atoms with van der Waals surface area (Å²) in [4.78, 5) is 0. The molecule has 5 rings (SSSR count). The molecule has 0 unspecified atom stereocenters. The first-order valence-electron chi connectivity index (χ1n) is 16.6. The van der Waals surface area contributed by atoms with E-state index < -0.39 is 11.6 Å². The summed E-state index contributed by atoms with van der Waals surface area (Å²) in [5.74, 6) is 0.744. The highest BCUT2D eigenvalue weighted by Crippen LogP contribution is 2.45. The molecule has 4 heteroatoms. The molecule has 0 atom stereocenters. The van der Waals surface area contributed by atoms with Crippen molar-refractivity contribution in [1.82, 2.24) is 0 Å². The molecule has 2 fully saturated rings. The molecule has 3 aromatic carbocycles.